The van der Waals surface area contributed by atoms with E-state index < -0.39 is 5.97 Å². The van der Waals surface area contributed by atoms with Crippen LogP contribution in [0.5, 0.6) is 0 Å². The first-order valence-corrected chi connectivity index (χ1v) is 7.70. The van der Waals surface area contributed by atoms with E-state index in [1.165, 1.54) is 32.1 Å². The fourth-order valence-corrected chi connectivity index (χ4v) is 3.36. The summed E-state index contributed by atoms with van der Waals surface area (Å²) in [5, 5.41) is 12.1. The first-order valence-electron chi connectivity index (χ1n) is 7.70. The number of carbonyl (C=O) groups is 2. The zero-order chi connectivity index (χ0) is 13.7. The fourth-order valence-electron chi connectivity index (χ4n) is 3.36. The van der Waals surface area contributed by atoms with Gasteiger partial charge >= 0.3 is 5.97 Å². The third-order valence-electron chi connectivity index (χ3n) is 4.60. The standard InChI is InChI=1S/C15H25NO3/c17-14(11-8-9-12(10-11)15(18)19)16-13-6-4-2-1-3-5-7-13/h11-13H,1-10H2,(H,16,17)(H,18,19). The molecule has 0 aromatic rings. The molecule has 0 radical (unpaired) electrons. The van der Waals surface area contributed by atoms with Crippen molar-refractivity contribution < 1.29 is 14.7 Å². The second-order valence-corrected chi connectivity index (χ2v) is 6.10. The minimum Gasteiger partial charge on any atom is -0.481 e. The maximum atomic E-state index is 12.2. The first-order chi connectivity index (χ1) is 9.16. The molecular weight excluding hydrogens is 242 g/mol. The molecule has 108 valence electrons. The average Bonchev–Trinajstić information content (AvgIpc) is 2.82. The Balaban J connectivity index is 1.78. The molecule has 0 bridgehead atoms. The van der Waals surface area contributed by atoms with Crippen molar-refractivity contribution >= 4 is 11.9 Å². The van der Waals surface area contributed by atoms with E-state index in [-0.39, 0.29) is 17.7 Å². The lowest BCUT2D eigenvalue weighted by molar-refractivity contribution is -0.141. The van der Waals surface area contributed by atoms with Crippen molar-refractivity contribution in [2.45, 2.75) is 70.3 Å². The Hall–Kier alpha value is -1.06. The molecule has 19 heavy (non-hydrogen) atoms. The summed E-state index contributed by atoms with van der Waals surface area (Å²) in [6.45, 7) is 0. The lowest BCUT2D eigenvalue weighted by atomic mass is 9.96. The topological polar surface area (TPSA) is 66.4 Å². The summed E-state index contributed by atoms with van der Waals surface area (Å²) < 4.78 is 0. The van der Waals surface area contributed by atoms with Crippen molar-refractivity contribution in [2.24, 2.45) is 11.8 Å². The predicted molar refractivity (Wildman–Crippen MR) is 72.7 cm³/mol. The van der Waals surface area contributed by atoms with Gasteiger partial charge in [-0.25, -0.2) is 0 Å². The molecule has 0 aromatic carbocycles. The van der Waals surface area contributed by atoms with Gasteiger partial charge in [-0.3, -0.25) is 9.59 Å². The van der Waals surface area contributed by atoms with Gasteiger partial charge in [-0.1, -0.05) is 32.1 Å². The molecule has 0 spiro atoms. The number of carbonyl (C=O) groups excluding carboxylic acids is 1. The van der Waals surface area contributed by atoms with Crippen molar-refractivity contribution in [2.75, 3.05) is 0 Å². The highest BCUT2D eigenvalue weighted by atomic mass is 16.4. The van der Waals surface area contributed by atoms with Crippen LogP contribution in [0, 0.1) is 11.8 Å². The molecule has 0 saturated heterocycles. The van der Waals surface area contributed by atoms with Gasteiger partial charge in [-0.15, -0.1) is 0 Å². The van der Waals surface area contributed by atoms with Gasteiger partial charge in [0.25, 0.3) is 0 Å². The Bertz CT molecular complexity index is 321. The number of nitrogens with one attached hydrogen (secondary N) is 1. The lowest BCUT2D eigenvalue weighted by Gasteiger charge is -2.22. The quantitative estimate of drug-likeness (QED) is 0.826. The molecule has 0 heterocycles. The van der Waals surface area contributed by atoms with E-state index in [2.05, 4.69) is 5.32 Å². The first kappa shape index (κ1) is 14.4. The maximum absolute atomic E-state index is 12.2. The molecule has 2 fully saturated rings. The predicted octanol–water partition coefficient (Wildman–Crippen LogP) is 2.72. The summed E-state index contributed by atoms with van der Waals surface area (Å²) in [4.78, 5) is 23.1. The molecule has 0 aliphatic heterocycles. The Morgan fingerprint density at radius 3 is 2.00 bits per heavy atom. The van der Waals surface area contributed by atoms with Crippen LogP contribution < -0.4 is 5.32 Å². The normalized spacial score (nSPS) is 29.5. The van der Waals surface area contributed by atoms with Crippen molar-refractivity contribution in [3.63, 3.8) is 0 Å². The third-order valence-corrected chi connectivity index (χ3v) is 4.60. The largest absolute Gasteiger partial charge is 0.481 e. The molecule has 2 aliphatic carbocycles. The van der Waals surface area contributed by atoms with Crippen LogP contribution in [0.3, 0.4) is 0 Å². The fraction of sp³-hybridized carbons (Fsp3) is 0.867. The van der Waals surface area contributed by atoms with E-state index in [4.69, 9.17) is 5.11 Å². The van der Waals surface area contributed by atoms with Gasteiger partial charge in [0, 0.05) is 12.0 Å². The summed E-state index contributed by atoms with van der Waals surface area (Å²) in [6, 6.07) is 0.316. The Morgan fingerprint density at radius 2 is 1.42 bits per heavy atom. The van der Waals surface area contributed by atoms with Gasteiger partial charge in [0.15, 0.2) is 0 Å². The van der Waals surface area contributed by atoms with Crippen LogP contribution in [0.1, 0.15) is 64.2 Å². The maximum Gasteiger partial charge on any atom is 0.306 e. The second-order valence-electron chi connectivity index (χ2n) is 6.10. The van der Waals surface area contributed by atoms with Crippen LogP contribution in [0.25, 0.3) is 0 Å². The van der Waals surface area contributed by atoms with Gasteiger partial charge < -0.3 is 10.4 Å². The van der Waals surface area contributed by atoms with Crippen molar-refractivity contribution in [3.8, 4) is 0 Å². The Kier molecular flexibility index (Phi) is 5.23. The van der Waals surface area contributed by atoms with Crippen LogP contribution in [-0.4, -0.2) is 23.0 Å². The minimum atomic E-state index is -0.749. The number of hydrogen-bond donors (Lipinski definition) is 2. The molecule has 2 unspecified atom stereocenters. The highest BCUT2D eigenvalue weighted by molar-refractivity contribution is 5.81. The number of hydrogen-bond acceptors (Lipinski definition) is 2. The number of carboxylic acids is 1. The van der Waals surface area contributed by atoms with Gasteiger partial charge in [-0.05, 0) is 32.1 Å². The number of aliphatic carboxylic acids is 1. The van der Waals surface area contributed by atoms with Gasteiger partial charge in [0.2, 0.25) is 5.91 Å². The minimum absolute atomic E-state index is 0.0773. The summed E-state index contributed by atoms with van der Waals surface area (Å²) in [5.41, 5.74) is 0. The van der Waals surface area contributed by atoms with Gasteiger partial charge in [0.1, 0.15) is 0 Å². The summed E-state index contributed by atoms with van der Waals surface area (Å²) in [7, 11) is 0. The Morgan fingerprint density at radius 1 is 0.842 bits per heavy atom. The zero-order valence-corrected chi connectivity index (χ0v) is 11.6. The number of rotatable bonds is 3. The number of amides is 1. The van der Waals surface area contributed by atoms with Crippen LogP contribution >= 0.6 is 0 Å². The van der Waals surface area contributed by atoms with Crippen LogP contribution in [0.15, 0.2) is 0 Å². The van der Waals surface area contributed by atoms with E-state index in [0.29, 0.717) is 18.9 Å². The van der Waals surface area contributed by atoms with Crippen LogP contribution in [0.2, 0.25) is 0 Å². The lowest BCUT2D eigenvalue weighted by Crippen LogP contribution is -2.38. The summed E-state index contributed by atoms with van der Waals surface area (Å²) in [6.07, 6.45) is 10.3. The molecule has 4 heteroatoms. The highest BCUT2D eigenvalue weighted by Crippen LogP contribution is 2.31. The third kappa shape index (κ3) is 4.22. The van der Waals surface area contributed by atoms with E-state index >= 15 is 0 Å². The van der Waals surface area contributed by atoms with E-state index in [0.717, 1.165) is 19.3 Å². The van der Waals surface area contributed by atoms with Gasteiger partial charge in [0.05, 0.1) is 5.92 Å². The van der Waals surface area contributed by atoms with E-state index in [1.54, 1.807) is 0 Å². The Labute approximate surface area is 115 Å². The second kappa shape index (κ2) is 6.92. The SMILES string of the molecule is O=C(O)C1CCC(C(=O)NC2CCCCCCC2)C1. The molecule has 0 aromatic heterocycles. The van der Waals surface area contributed by atoms with E-state index in [9.17, 15) is 9.59 Å². The summed E-state index contributed by atoms with van der Waals surface area (Å²) >= 11 is 0. The van der Waals surface area contributed by atoms with Crippen LogP contribution in [-0.2, 0) is 9.59 Å². The molecule has 4 nitrogen and oxygen atoms in total. The monoisotopic (exact) mass is 267 g/mol. The zero-order valence-electron chi connectivity index (χ0n) is 11.6. The average molecular weight is 267 g/mol. The highest BCUT2D eigenvalue weighted by Gasteiger charge is 2.34. The van der Waals surface area contributed by atoms with E-state index in [1.807, 2.05) is 0 Å². The molecule has 2 rings (SSSR count). The molecule has 1 amide bonds. The smallest absolute Gasteiger partial charge is 0.306 e. The summed E-state index contributed by atoms with van der Waals surface area (Å²) in [5.74, 6) is -1.05. The molecule has 2 atom stereocenters. The molecule has 2 saturated carbocycles. The van der Waals surface area contributed by atoms with Crippen molar-refractivity contribution in [1.82, 2.24) is 5.32 Å². The van der Waals surface area contributed by atoms with Crippen LogP contribution in [0.4, 0.5) is 0 Å². The van der Waals surface area contributed by atoms with Crippen molar-refractivity contribution in [3.05, 3.63) is 0 Å². The molecule has 2 aliphatic rings. The van der Waals surface area contributed by atoms with Crippen molar-refractivity contribution in [1.29, 1.82) is 0 Å². The number of carboxylic acid groups (broad SMARTS) is 1. The molecule has 2 N–H and O–H groups in total. The molecular formula is C15H25NO3. The van der Waals surface area contributed by atoms with Gasteiger partial charge in [-0.2, -0.15) is 0 Å².